The first-order valence-electron chi connectivity index (χ1n) is 9.54. The first-order valence-corrected chi connectivity index (χ1v) is 9.54. The number of anilines is 1. The van der Waals surface area contributed by atoms with Crippen LogP contribution in [0.2, 0.25) is 0 Å². The second-order valence-corrected chi connectivity index (χ2v) is 7.11. The van der Waals surface area contributed by atoms with E-state index in [0.717, 1.165) is 38.1 Å². The highest BCUT2D eigenvalue weighted by atomic mass is 19.4. The molecule has 1 amide bonds. The van der Waals surface area contributed by atoms with Crippen molar-refractivity contribution in [1.29, 1.82) is 0 Å². The molecule has 0 atom stereocenters. The molecular formula is C21H21F4N5O. The van der Waals surface area contributed by atoms with Crippen LogP contribution in [-0.2, 0) is 6.18 Å². The third-order valence-electron chi connectivity index (χ3n) is 5.08. The quantitative estimate of drug-likeness (QED) is 0.421. The smallest absolute Gasteiger partial charge is 0.398 e. The van der Waals surface area contributed by atoms with E-state index < -0.39 is 23.5 Å². The Morgan fingerprint density at radius 1 is 1.13 bits per heavy atom. The highest BCUT2D eigenvalue weighted by Crippen LogP contribution is 2.34. The number of halogens is 4. The van der Waals surface area contributed by atoms with E-state index in [-0.39, 0.29) is 5.92 Å². The van der Waals surface area contributed by atoms with Gasteiger partial charge < -0.3 is 16.8 Å². The third-order valence-corrected chi connectivity index (χ3v) is 5.08. The number of alkyl halides is 3. The highest BCUT2D eigenvalue weighted by Gasteiger charge is 2.34. The van der Waals surface area contributed by atoms with Crippen LogP contribution in [0.25, 0.3) is 10.9 Å². The summed E-state index contributed by atoms with van der Waals surface area (Å²) >= 11 is 0. The standard InChI is InChI=1S/C12H13F4N.C9H8N4O/c13-11-7-9(8-3-5-17-6-4-8)1-2-10(11)12(14,15)16;10-7-2-1-5(9(11)14)8-6(7)3-12-4-13-8/h1-2,7-8,17H,3-6H2;1-4H,10H2,(H2,11,14). The number of rotatable bonds is 2. The van der Waals surface area contributed by atoms with Crippen molar-refractivity contribution in [1.82, 2.24) is 15.3 Å². The monoisotopic (exact) mass is 435 g/mol. The zero-order chi connectivity index (χ0) is 22.6. The van der Waals surface area contributed by atoms with Gasteiger partial charge in [-0.25, -0.2) is 14.4 Å². The van der Waals surface area contributed by atoms with Gasteiger partial charge in [-0.05, 0) is 61.7 Å². The minimum atomic E-state index is -4.61. The summed E-state index contributed by atoms with van der Waals surface area (Å²) in [6.45, 7) is 1.65. The molecule has 0 saturated carbocycles. The molecule has 1 aromatic heterocycles. The molecule has 1 aliphatic rings. The molecule has 1 fully saturated rings. The number of hydrogen-bond donors (Lipinski definition) is 3. The Hall–Kier alpha value is -3.27. The summed E-state index contributed by atoms with van der Waals surface area (Å²) < 4.78 is 50.5. The van der Waals surface area contributed by atoms with Crippen LogP contribution in [0.3, 0.4) is 0 Å². The van der Waals surface area contributed by atoms with Gasteiger partial charge in [0.1, 0.15) is 12.1 Å². The molecule has 1 saturated heterocycles. The number of hydrogen-bond acceptors (Lipinski definition) is 5. The zero-order valence-corrected chi connectivity index (χ0v) is 16.4. The molecule has 164 valence electrons. The summed E-state index contributed by atoms with van der Waals surface area (Å²) in [5.74, 6) is -1.53. The van der Waals surface area contributed by atoms with Crippen molar-refractivity contribution < 1.29 is 22.4 Å². The SMILES string of the molecule is Fc1cc(C2CCNCC2)ccc1C(F)(F)F.NC(=O)c1ccc(N)c2cncnc12. The summed E-state index contributed by atoms with van der Waals surface area (Å²) in [5, 5.41) is 3.80. The van der Waals surface area contributed by atoms with Crippen LogP contribution < -0.4 is 16.8 Å². The van der Waals surface area contributed by atoms with E-state index >= 15 is 0 Å². The minimum absolute atomic E-state index is 0.160. The first kappa shape index (κ1) is 22.4. The average Bonchev–Trinajstić information content (AvgIpc) is 2.74. The van der Waals surface area contributed by atoms with Gasteiger partial charge in [-0.1, -0.05) is 6.07 Å². The van der Waals surface area contributed by atoms with E-state index in [0.29, 0.717) is 27.7 Å². The van der Waals surface area contributed by atoms with Crippen LogP contribution in [0.5, 0.6) is 0 Å². The molecule has 31 heavy (non-hydrogen) atoms. The molecular weight excluding hydrogens is 414 g/mol. The average molecular weight is 435 g/mol. The lowest BCUT2D eigenvalue weighted by atomic mass is 9.89. The van der Waals surface area contributed by atoms with Crippen molar-refractivity contribution in [3.05, 3.63) is 65.4 Å². The number of nitrogen functional groups attached to an aromatic ring is 1. The lowest BCUT2D eigenvalue weighted by molar-refractivity contribution is -0.140. The van der Waals surface area contributed by atoms with Crippen LogP contribution in [-0.4, -0.2) is 29.0 Å². The number of aromatic nitrogens is 2. The summed E-state index contributed by atoms with van der Waals surface area (Å²) in [6, 6.07) is 6.44. The number of carbonyl (C=O) groups excluding carboxylic acids is 1. The molecule has 0 aliphatic carbocycles. The van der Waals surface area contributed by atoms with Crippen LogP contribution in [0.1, 0.15) is 40.2 Å². The van der Waals surface area contributed by atoms with Gasteiger partial charge in [-0.3, -0.25) is 4.79 Å². The van der Waals surface area contributed by atoms with Crippen molar-refractivity contribution in [2.45, 2.75) is 24.9 Å². The molecule has 3 aromatic rings. The molecule has 2 aromatic carbocycles. The lowest BCUT2D eigenvalue weighted by Crippen LogP contribution is -2.26. The predicted molar refractivity (Wildman–Crippen MR) is 109 cm³/mol. The number of nitrogens with zero attached hydrogens (tertiary/aromatic N) is 2. The van der Waals surface area contributed by atoms with Crippen molar-refractivity contribution in [3.8, 4) is 0 Å². The molecule has 6 nitrogen and oxygen atoms in total. The van der Waals surface area contributed by atoms with Crippen molar-refractivity contribution in [2.75, 3.05) is 18.8 Å². The number of piperidine rings is 1. The summed E-state index contributed by atoms with van der Waals surface area (Å²) in [4.78, 5) is 18.8. The van der Waals surface area contributed by atoms with Crippen molar-refractivity contribution >= 4 is 22.5 Å². The fourth-order valence-corrected chi connectivity index (χ4v) is 3.47. The van der Waals surface area contributed by atoms with Gasteiger partial charge >= 0.3 is 6.18 Å². The van der Waals surface area contributed by atoms with Gasteiger partial charge in [0.15, 0.2) is 0 Å². The van der Waals surface area contributed by atoms with Crippen LogP contribution in [0, 0.1) is 5.82 Å². The number of nitrogens with two attached hydrogens (primary N) is 2. The maximum atomic E-state index is 13.4. The highest BCUT2D eigenvalue weighted by molar-refractivity contribution is 6.07. The first-order chi connectivity index (χ1) is 14.7. The molecule has 1 aliphatic heterocycles. The summed E-state index contributed by atoms with van der Waals surface area (Å²) in [7, 11) is 0. The number of nitrogens with one attached hydrogen (secondary N) is 1. The normalized spacial score (nSPS) is 14.7. The molecule has 0 radical (unpaired) electrons. The van der Waals surface area contributed by atoms with E-state index in [4.69, 9.17) is 11.5 Å². The third kappa shape index (κ3) is 5.26. The maximum Gasteiger partial charge on any atom is 0.419 e. The second kappa shape index (κ2) is 9.25. The van der Waals surface area contributed by atoms with E-state index in [1.807, 2.05) is 0 Å². The topological polar surface area (TPSA) is 107 Å². The number of amides is 1. The Morgan fingerprint density at radius 3 is 2.45 bits per heavy atom. The Bertz CT molecular complexity index is 1080. The van der Waals surface area contributed by atoms with Gasteiger partial charge in [-0.2, -0.15) is 13.2 Å². The maximum absolute atomic E-state index is 13.4. The van der Waals surface area contributed by atoms with E-state index in [1.54, 1.807) is 18.3 Å². The second-order valence-electron chi connectivity index (χ2n) is 7.11. The Kier molecular flexibility index (Phi) is 6.69. The van der Waals surface area contributed by atoms with E-state index in [2.05, 4.69) is 15.3 Å². The Labute approximate surface area is 175 Å². The Morgan fingerprint density at radius 2 is 1.84 bits per heavy atom. The van der Waals surface area contributed by atoms with Crippen molar-refractivity contribution in [2.24, 2.45) is 5.73 Å². The van der Waals surface area contributed by atoms with Gasteiger partial charge in [0, 0.05) is 17.3 Å². The minimum Gasteiger partial charge on any atom is -0.398 e. The summed E-state index contributed by atoms with van der Waals surface area (Å²) in [5.41, 5.74) is 11.7. The molecule has 10 heteroatoms. The predicted octanol–water partition coefficient (Wildman–Crippen LogP) is 3.62. The fraction of sp³-hybridized carbons (Fsp3) is 0.286. The van der Waals surface area contributed by atoms with Gasteiger partial charge in [-0.15, -0.1) is 0 Å². The molecule has 5 N–H and O–H groups in total. The molecule has 4 rings (SSSR count). The molecule has 0 spiro atoms. The van der Waals surface area contributed by atoms with Crippen LogP contribution in [0.15, 0.2) is 42.9 Å². The molecule has 0 unspecified atom stereocenters. The zero-order valence-electron chi connectivity index (χ0n) is 16.4. The number of carbonyl (C=O) groups is 1. The van der Waals surface area contributed by atoms with E-state index in [9.17, 15) is 22.4 Å². The number of benzene rings is 2. The Balaban J connectivity index is 0.000000179. The van der Waals surface area contributed by atoms with Gasteiger partial charge in [0.25, 0.3) is 5.91 Å². The van der Waals surface area contributed by atoms with Crippen LogP contribution >= 0.6 is 0 Å². The number of fused-ring (bicyclic) bond motifs is 1. The number of primary amides is 1. The largest absolute Gasteiger partial charge is 0.419 e. The van der Waals surface area contributed by atoms with Gasteiger partial charge in [0.05, 0.1) is 16.6 Å². The van der Waals surface area contributed by atoms with Crippen molar-refractivity contribution in [3.63, 3.8) is 0 Å². The lowest BCUT2D eigenvalue weighted by Gasteiger charge is -2.23. The fourth-order valence-electron chi connectivity index (χ4n) is 3.47. The van der Waals surface area contributed by atoms with Gasteiger partial charge in [0.2, 0.25) is 0 Å². The molecule has 0 bridgehead atoms. The van der Waals surface area contributed by atoms with Crippen LogP contribution in [0.4, 0.5) is 23.2 Å². The van der Waals surface area contributed by atoms with E-state index in [1.165, 1.54) is 12.4 Å². The molecule has 2 heterocycles. The summed E-state index contributed by atoms with van der Waals surface area (Å²) in [6.07, 6.45) is -0.0232.